The van der Waals surface area contributed by atoms with Crippen LogP contribution in [0.5, 0.6) is 0 Å². The molecular weight excluding hydrogens is 749 g/mol. The van der Waals surface area contributed by atoms with E-state index < -0.39 is 0 Å². The zero-order valence-corrected chi connectivity index (χ0v) is 33.4. The Morgan fingerprint density at radius 1 is 0.377 bits per heavy atom. The van der Waals surface area contributed by atoms with Gasteiger partial charge in [-0.05, 0) is 75.6 Å². The van der Waals surface area contributed by atoms with Gasteiger partial charge in [-0.15, -0.1) is 0 Å². The second kappa shape index (κ2) is 13.8. The molecule has 61 heavy (non-hydrogen) atoms. The molecule has 9 aromatic carbocycles. The lowest BCUT2D eigenvalue weighted by molar-refractivity contribution is 0.668. The van der Waals surface area contributed by atoms with Gasteiger partial charge in [0.25, 0.3) is 0 Å². The molecule has 288 valence electrons. The molecule has 13 rings (SSSR count). The van der Waals surface area contributed by atoms with Crippen molar-refractivity contribution in [2.24, 2.45) is 0 Å². The number of aromatic nitrogens is 4. The molecule has 0 aliphatic carbocycles. The van der Waals surface area contributed by atoms with Crippen LogP contribution in [-0.4, -0.2) is 19.5 Å². The van der Waals surface area contributed by atoms with Crippen molar-refractivity contribution in [3.63, 3.8) is 0 Å². The average molecular weight is 785 g/mol. The summed E-state index contributed by atoms with van der Waals surface area (Å²) in [6.07, 6.45) is 0. The summed E-state index contributed by atoms with van der Waals surface area (Å²) in [6.45, 7) is 4.00. The van der Waals surface area contributed by atoms with Gasteiger partial charge in [0.2, 0.25) is 5.95 Å². The molecule has 4 heterocycles. The van der Waals surface area contributed by atoms with Gasteiger partial charge in [0, 0.05) is 49.0 Å². The van der Waals surface area contributed by atoms with E-state index in [0.717, 1.165) is 104 Å². The number of nitrogens with zero attached hydrogens (tertiary/aromatic N) is 4. The van der Waals surface area contributed by atoms with E-state index >= 15 is 0 Å². The van der Waals surface area contributed by atoms with E-state index in [4.69, 9.17) is 23.8 Å². The largest absolute Gasteiger partial charge is 0.456 e. The van der Waals surface area contributed by atoms with Gasteiger partial charge >= 0.3 is 0 Å². The Labute approximate surface area is 350 Å². The fraction of sp³-hybridized carbons (Fsp3) is 0.0364. The fourth-order valence-corrected chi connectivity index (χ4v) is 9.09. The number of hydrogen-bond acceptors (Lipinski definition) is 5. The van der Waals surface area contributed by atoms with Gasteiger partial charge in [-0.2, -0.15) is 9.97 Å². The van der Waals surface area contributed by atoms with Gasteiger partial charge in [-0.3, -0.25) is 4.57 Å². The molecule has 0 bridgehead atoms. The van der Waals surface area contributed by atoms with Crippen LogP contribution in [0.3, 0.4) is 0 Å². The highest BCUT2D eigenvalue weighted by molar-refractivity contribution is 6.20. The lowest BCUT2D eigenvalue weighted by atomic mass is 9.97. The van der Waals surface area contributed by atoms with E-state index in [9.17, 15) is 0 Å². The quantitative estimate of drug-likeness (QED) is 0.178. The first-order valence-electron chi connectivity index (χ1n) is 20.8. The summed E-state index contributed by atoms with van der Waals surface area (Å²) < 4.78 is 15.0. The number of hydrogen-bond donors (Lipinski definition) is 0. The molecule has 6 nitrogen and oxygen atoms in total. The molecule has 0 saturated heterocycles. The van der Waals surface area contributed by atoms with Crippen molar-refractivity contribution in [3.05, 3.63) is 182 Å². The Balaban J connectivity index is 0.00000197. The van der Waals surface area contributed by atoms with Crippen molar-refractivity contribution in [3.8, 4) is 39.9 Å². The van der Waals surface area contributed by atoms with E-state index in [-0.39, 0.29) is 0 Å². The smallest absolute Gasteiger partial charge is 0.238 e. The van der Waals surface area contributed by atoms with Gasteiger partial charge in [0.1, 0.15) is 22.3 Å². The molecule has 0 aliphatic heterocycles. The van der Waals surface area contributed by atoms with Gasteiger partial charge < -0.3 is 8.83 Å². The van der Waals surface area contributed by atoms with Crippen LogP contribution in [0.1, 0.15) is 13.8 Å². The summed E-state index contributed by atoms with van der Waals surface area (Å²) in [6, 6.07) is 63.4. The molecule has 0 fully saturated rings. The monoisotopic (exact) mass is 784 g/mol. The van der Waals surface area contributed by atoms with E-state index in [1.165, 1.54) is 5.39 Å². The first-order chi connectivity index (χ1) is 30.2. The Kier molecular flexibility index (Phi) is 7.87. The van der Waals surface area contributed by atoms with E-state index in [2.05, 4.69) is 144 Å². The molecule has 0 amide bonds. The second-order valence-corrected chi connectivity index (χ2v) is 15.2. The maximum absolute atomic E-state index is 6.42. The molecule has 0 N–H and O–H groups in total. The molecule has 0 unspecified atom stereocenters. The topological polar surface area (TPSA) is 69.9 Å². The van der Waals surface area contributed by atoms with Crippen LogP contribution in [0.2, 0.25) is 0 Å². The minimum atomic E-state index is 0.523. The fourth-order valence-electron chi connectivity index (χ4n) is 9.09. The van der Waals surface area contributed by atoms with Crippen LogP contribution >= 0.6 is 0 Å². The lowest BCUT2D eigenvalue weighted by Crippen LogP contribution is -2.07. The van der Waals surface area contributed by atoms with Crippen LogP contribution in [0.25, 0.3) is 127 Å². The highest BCUT2D eigenvalue weighted by Gasteiger charge is 2.23. The molecule has 6 heteroatoms. The van der Waals surface area contributed by atoms with Crippen molar-refractivity contribution >= 4 is 87.2 Å². The van der Waals surface area contributed by atoms with Crippen LogP contribution in [-0.2, 0) is 0 Å². The number of benzene rings is 9. The predicted octanol–water partition coefficient (Wildman–Crippen LogP) is 15.1. The van der Waals surface area contributed by atoms with E-state index in [0.29, 0.717) is 17.6 Å². The van der Waals surface area contributed by atoms with Crippen molar-refractivity contribution in [1.82, 2.24) is 19.5 Å². The third kappa shape index (κ3) is 5.46. The molecule has 0 aliphatic rings. The third-order valence-corrected chi connectivity index (χ3v) is 11.8. The Hall–Kier alpha value is -8.09. The third-order valence-electron chi connectivity index (χ3n) is 11.8. The SMILES string of the molecule is CC.c1ccc2cc(-c3nc(-c4ccc5c(c4)oc4ccccc45)nc(-n4c5cc6ccccc6cc5c5cccc(-c6cccc7oc8ccccc8c67)c54)n3)ccc2c1. The number of rotatable bonds is 4. The van der Waals surface area contributed by atoms with Gasteiger partial charge in [-0.25, -0.2) is 4.98 Å². The second-order valence-electron chi connectivity index (χ2n) is 15.2. The van der Waals surface area contributed by atoms with Gasteiger partial charge in [-0.1, -0.05) is 147 Å². The minimum Gasteiger partial charge on any atom is -0.456 e. The van der Waals surface area contributed by atoms with Crippen LogP contribution in [0.15, 0.2) is 191 Å². The first-order valence-corrected chi connectivity index (χ1v) is 20.8. The Bertz CT molecular complexity index is 3870. The van der Waals surface area contributed by atoms with E-state index in [1.807, 2.05) is 56.3 Å². The lowest BCUT2D eigenvalue weighted by Gasteiger charge is -2.14. The Morgan fingerprint density at radius 3 is 1.74 bits per heavy atom. The minimum absolute atomic E-state index is 0.523. The molecular formula is C55H36N4O2. The molecule has 0 radical (unpaired) electrons. The maximum atomic E-state index is 6.42. The zero-order valence-electron chi connectivity index (χ0n) is 33.4. The van der Waals surface area contributed by atoms with Crippen LogP contribution in [0, 0.1) is 0 Å². The van der Waals surface area contributed by atoms with Crippen molar-refractivity contribution in [2.75, 3.05) is 0 Å². The summed E-state index contributed by atoms with van der Waals surface area (Å²) in [4.78, 5) is 16.0. The number of furan rings is 2. The highest BCUT2D eigenvalue weighted by atomic mass is 16.3. The summed E-state index contributed by atoms with van der Waals surface area (Å²) >= 11 is 0. The molecule has 13 aromatic rings. The van der Waals surface area contributed by atoms with Crippen molar-refractivity contribution in [1.29, 1.82) is 0 Å². The number of para-hydroxylation sites is 3. The average Bonchev–Trinajstić information content (AvgIpc) is 4.00. The summed E-state index contributed by atoms with van der Waals surface area (Å²) in [5.41, 5.74) is 9.21. The molecule has 0 spiro atoms. The summed E-state index contributed by atoms with van der Waals surface area (Å²) in [7, 11) is 0. The molecule has 0 atom stereocenters. The van der Waals surface area contributed by atoms with Gasteiger partial charge in [0.15, 0.2) is 11.6 Å². The summed E-state index contributed by atoms with van der Waals surface area (Å²) in [5, 5.41) is 11.1. The van der Waals surface area contributed by atoms with E-state index in [1.54, 1.807) is 0 Å². The zero-order chi connectivity index (χ0) is 40.6. The first kappa shape index (κ1) is 34.9. The molecule has 0 saturated carbocycles. The standard InChI is InChI=1S/C53H30N4O2.C2H6/c1-2-12-32-27-35(24-23-31(32)11-1)51-54-52(36-25-26-38-37-15-5-7-20-45(37)59-48(38)30-36)56-53(55-51)57-44-29-34-14-4-3-13-33(34)28-43(44)41-19-9-18-40(50(41)57)39-17-10-22-47-49(39)42-16-6-8-21-46(42)58-47;1-2/h1-30H;1-2H3. The van der Waals surface area contributed by atoms with Gasteiger partial charge in [0.05, 0.1) is 11.0 Å². The van der Waals surface area contributed by atoms with Crippen molar-refractivity contribution < 1.29 is 8.83 Å². The number of fused-ring (bicyclic) bond motifs is 11. The maximum Gasteiger partial charge on any atom is 0.238 e. The predicted molar refractivity (Wildman–Crippen MR) is 251 cm³/mol. The van der Waals surface area contributed by atoms with Crippen LogP contribution in [0.4, 0.5) is 0 Å². The normalized spacial score (nSPS) is 11.8. The highest BCUT2D eigenvalue weighted by Crippen LogP contribution is 2.44. The van der Waals surface area contributed by atoms with Crippen LogP contribution < -0.4 is 0 Å². The summed E-state index contributed by atoms with van der Waals surface area (Å²) in [5.74, 6) is 1.66. The Morgan fingerprint density at radius 2 is 0.934 bits per heavy atom. The molecule has 4 aromatic heterocycles. The van der Waals surface area contributed by atoms with Crippen molar-refractivity contribution in [2.45, 2.75) is 13.8 Å².